The lowest BCUT2D eigenvalue weighted by Crippen LogP contribution is -2.23. The summed E-state index contributed by atoms with van der Waals surface area (Å²) in [6.07, 6.45) is 2.37. The molecule has 0 amide bonds. The Morgan fingerprint density at radius 1 is 1.35 bits per heavy atom. The first-order chi connectivity index (χ1) is 8.29. The summed E-state index contributed by atoms with van der Waals surface area (Å²) in [7, 11) is 0. The first kappa shape index (κ1) is 12.6. The SMILES string of the molecule is CC(CCN1CCC(CO)C1)c1ccccc1. The monoisotopic (exact) mass is 233 g/mol. The number of nitrogens with zero attached hydrogens (tertiary/aromatic N) is 1. The van der Waals surface area contributed by atoms with Crippen molar-refractivity contribution in [1.29, 1.82) is 0 Å². The zero-order valence-corrected chi connectivity index (χ0v) is 10.7. The van der Waals surface area contributed by atoms with Gasteiger partial charge in [-0.2, -0.15) is 0 Å². The van der Waals surface area contributed by atoms with Gasteiger partial charge in [0.05, 0.1) is 0 Å². The van der Waals surface area contributed by atoms with Gasteiger partial charge in [0.25, 0.3) is 0 Å². The van der Waals surface area contributed by atoms with Crippen LogP contribution in [0.3, 0.4) is 0 Å². The summed E-state index contributed by atoms with van der Waals surface area (Å²) in [5.41, 5.74) is 1.44. The first-order valence-electron chi connectivity index (χ1n) is 6.67. The van der Waals surface area contributed by atoms with Crippen molar-refractivity contribution in [3.05, 3.63) is 35.9 Å². The number of rotatable bonds is 5. The van der Waals surface area contributed by atoms with E-state index in [4.69, 9.17) is 5.11 Å². The van der Waals surface area contributed by atoms with Crippen LogP contribution >= 0.6 is 0 Å². The molecule has 1 aliphatic rings. The number of benzene rings is 1. The van der Waals surface area contributed by atoms with Gasteiger partial charge in [0.2, 0.25) is 0 Å². The average molecular weight is 233 g/mol. The Hall–Kier alpha value is -0.860. The van der Waals surface area contributed by atoms with Crippen LogP contribution in [0.15, 0.2) is 30.3 Å². The molecule has 2 atom stereocenters. The van der Waals surface area contributed by atoms with Crippen LogP contribution in [0, 0.1) is 5.92 Å². The molecular formula is C15H23NO. The van der Waals surface area contributed by atoms with Crippen LogP contribution in [-0.4, -0.2) is 36.2 Å². The summed E-state index contributed by atoms with van der Waals surface area (Å²) in [5.74, 6) is 1.14. The number of likely N-dealkylation sites (tertiary alicyclic amines) is 1. The van der Waals surface area contributed by atoms with Crippen LogP contribution in [0.25, 0.3) is 0 Å². The Morgan fingerprint density at radius 2 is 2.12 bits per heavy atom. The second-order valence-electron chi connectivity index (χ2n) is 5.24. The molecule has 0 radical (unpaired) electrons. The summed E-state index contributed by atoms with van der Waals surface area (Å²) >= 11 is 0. The van der Waals surface area contributed by atoms with Crippen molar-refractivity contribution >= 4 is 0 Å². The van der Waals surface area contributed by atoms with Gasteiger partial charge in [-0.3, -0.25) is 0 Å². The largest absolute Gasteiger partial charge is 0.396 e. The van der Waals surface area contributed by atoms with E-state index in [1.165, 1.54) is 12.0 Å². The van der Waals surface area contributed by atoms with Crippen molar-refractivity contribution < 1.29 is 5.11 Å². The topological polar surface area (TPSA) is 23.5 Å². The zero-order valence-electron chi connectivity index (χ0n) is 10.7. The number of hydrogen-bond donors (Lipinski definition) is 1. The summed E-state index contributed by atoms with van der Waals surface area (Å²) in [4.78, 5) is 2.49. The fourth-order valence-electron chi connectivity index (χ4n) is 2.59. The highest BCUT2D eigenvalue weighted by molar-refractivity contribution is 5.18. The molecule has 0 saturated carbocycles. The minimum atomic E-state index is 0.352. The van der Waals surface area contributed by atoms with Gasteiger partial charge < -0.3 is 10.0 Å². The fourth-order valence-corrected chi connectivity index (χ4v) is 2.59. The van der Waals surface area contributed by atoms with E-state index in [1.807, 2.05) is 0 Å². The molecule has 1 N–H and O–H groups in total. The van der Waals surface area contributed by atoms with Crippen LogP contribution in [-0.2, 0) is 0 Å². The van der Waals surface area contributed by atoms with E-state index < -0.39 is 0 Å². The molecule has 17 heavy (non-hydrogen) atoms. The Morgan fingerprint density at radius 3 is 2.76 bits per heavy atom. The third-order valence-electron chi connectivity index (χ3n) is 3.88. The lowest BCUT2D eigenvalue weighted by molar-refractivity contribution is 0.220. The summed E-state index contributed by atoms with van der Waals surface area (Å²) in [6.45, 7) is 6.05. The summed E-state index contributed by atoms with van der Waals surface area (Å²) in [6, 6.07) is 10.7. The molecule has 2 unspecified atom stereocenters. The molecule has 1 aromatic rings. The maximum absolute atomic E-state index is 9.11. The molecule has 0 aliphatic carbocycles. The predicted octanol–water partition coefficient (Wildman–Crippen LogP) is 2.49. The van der Waals surface area contributed by atoms with Gasteiger partial charge in [-0.05, 0) is 43.3 Å². The Kier molecular flexibility index (Phi) is 4.57. The van der Waals surface area contributed by atoms with Crippen LogP contribution in [0.2, 0.25) is 0 Å². The quantitative estimate of drug-likeness (QED) is 0.844. The van der Waals surface area contributed by atoms with Crippen molar-refractivity contribution in [1.82, 2.24) is 4.90 Å². The van der Waals surface area contributed by atoms with Crippen molar-refractivity contribution in [2.45, 2.75) is 25.7 Å². The number of aliphatic hydroxyl groups is 1. The second kappa shape index (κ2) is 6.18. The normalized spacial score (nSPS) is 22.8. The summed E-state index contributed by atoms with van der Waals surface area (Å²) < 4.78 is 0. The summed E-state index contributed by atoms with van der Waals surface area (Å²) in [5, 5.41) is 9.11. The standard InChI is InChI=1S/C15H23NO/c1-13(15-5-3-2-4-6-15)7-9-16-10-8-14(11-16)12-17/h2-6,13-14,17H,7-12H2,1H3. The minimum Gasteiger partial charge on any atom is -0.396 e. The molecule has 1 heterocycles. The van der Waals surface area contributed by atoms with Crippen LogP contribution in [0.5, 0.6) is 0 Å². The first-order valence-corrected chi connectivity index (χ1v) is 6.67. The van der Waals surface area contributed by atoms with Crippen LogP contribution < -0.4 is 0 Å². The molecule has 2 nitrogen and oxygen atoms in total. The van der Waals surface area contributed by atoms with Gasteiger partial charge in [-0.15, -0.1) is 0 Å². The van der Waals surface area contributed by atoms with E-state index in [9.17, 15) is 0 Å². The van der Waals surface area contributed by atoms with E-state index >= 15 is 0 Å². The van der Waals surface area contributed by atoms with E-state index in [0.717, 1.165) is 26.1 Å². The molecule has 2 heteroatoms. The van der Waals surface area contributed by atoms with E-state index in [2.05, 4.69) is 42.2 Å². The van der Waals surface area contributed by atoms with Gasteiger partial charge in [0.15, 0.2) is 0 Å². The maximum Gasteiger partial charge on any atom is 0.0471 e. The Balaban J connectivity index is 1.75. The maximum atomic E-state index is 9.11. The average Bonchev–Trinajstić information content (AvgIpc) is 2.85. The fraction of sp³-hybridized carbons (Fsp3) is 0.600. The number of hydrogen-bond acceptors (Lipinski definition) is 2. The van der Waals surface area contributed by atoms with Crippen molar-refractivity contribution in [3.63, 3.8) is 0 Å². The molecule has 1 aromatic carbocycles. The lowest BCUT2D eigenvalue weighted by atomic mass is 9.98. The predicted molar refractivity (Wildman–Crippen MR) is 71.1 cm³/mol. The van der Waals surface area contributed by atoms with Crippen molar-refractivity contribution in [2.75, 3.05) is 26.2 Å². The molecule has 1 saturated heterocycles. The van der Waals surface area contributed by atoms with Crippen molar-refractivity contribution in [2.24, 2.45) is 5.92 Å². The lowest BCUT2D eigenvalue weighted by Gasteiger charge is -2.19. The van der Waals surface area contributed by atoms with Crippen molar-refractivity contribution in [3.8, 4) is 0 Å². The third-order valence-corrected chi connectivity index (χ3v) is 3.88. The smallest absolute Gasteiger partial charge is 0.0471 e. The highest BCUT2D eigenvalue weighted by atomic mass is 16.3. The molecule has 1 aliphatic heterocycles. The highest BCUT2D eigenvalue weighted by Gasteiger charge is 2.21. The molecule has 1 fully saturated rings. The number of aliphatic hydroxyl groups excluding tert-OH is 1. The van der Waals surface area contributed by atoms with Crippen LogP contribution in [0.4, 0.5) is 0 Å². The molecule has 0 bridgehead atoms. The second-order valence-corrected chi connectivity index (χ2v) is 5.24. The highest BCUT2D eigenvalue weighted by Crippen LogP contribution is 2.21. The Bertz CT molecular complexity index is 325. The van der Waals surface area contributed by atoms with Crippen LogP contribution in [0.1, 0.15) is 31.2 Å². The molecular weight excluding hydrogens is 210 g/mol. The van der Waals surface area contributed by atoms with Gasteiger partial charge in [0.1, 0.15) is 0 Å². The minimum absolute atomic E-state index is 0.352. The molecule has 2 rings (SSSR count). The molecule has 94 valence electrons. The molecule has 0 aromatic heterocycles. The van der Waals surface area contributed by atoms with E-state index in [-0.39, 0.29) is 0 Å². The zero-order chi connectivity index (χ0) is 12.1. The van der Waals surface area contributed by atoms with Gasteiger partial charge >= 0.3 is 0 Å². The van der Waals surface area contributed by atoms with Gasteiger partial charge in [-0.25, -0.2) is 0 Å². The third kappa shape index (κ3) is 3.55. The van der Waals surface area contributed by atoms with Gasteiger partial charge in [0, 0.05) is 13.2 Å². The van der Waals surface area contributed by atoms with E-state index in [0.29, 0.717) is 18.4 Å². The van der Waals surface area contributed by atoms with E-state index in [1.54, 1.807) is 0 Å². The van der Waals surface area contributed by atoms with Gasteiger partial charge in [-0.1, -0.05) is 37.3 Å². The Labute approximate surface area is 104 Å². The molecule has 0 spiro atoms.